The molecule has 0 heterocycles. The van der Waals surface area contributed by atoms with Gasteiger partial charge in [0.2, 0.25) is 0 Å². The van der Waals surface area contributed by atoms with Crippen molar-refractivity contribution >= 4 is 0 Å². The molecule has 2 atom stereocenters. The van der Waals surface area contributed by atoms with Gasteiger partial charge in [0.05, 0.1) is 12.1 Å². The standard InChI is InChI=1S/C12H26N2O/c1-4-10(3)14(5-2)8-12(13,9-15)11-6-7-11/h10-11,15H,4-9,13H2,1-3H3. The van der Waals surface area contributed by atoms with E-state index in [-0.39, 0.29) is 12.1 Å². The van der Waals surface area contributed by atoms with Crippen LogP contribution in [0.15, 0.2) is 0 Å². The average Bonchev–Trinajstić information content (AvgIpc) is 3.08. The second kappa shape index (κ2) is 5.28. The van der Waals surface area contributed by atoms with E-state index < -0.39 is 0 Å². The first-order chi connectivity index (χ1) is 7.07. The summed E-state index contributed by atoms with van der Waals surface area (Å²) in [4.78, 5) is 2.38. The smallest absolute Gasteiger partial charge is 0.0626 e. The van der Waals surface area contributed by atoms with Crippen molar-refractivity contribution in [1.29, 1.82) is 0 Å². The third-order valence-corrected chi connectivity index (χ3v) is 3.80. The van der Waals surface area contributed by atoms with Crippen molar-refractivity contribution in [2.45, 2.75) is 51.6 Å². The number of aliphatic hydroxyl groups is 1. The van der Waals surface area contributed by atoms with Crippen LogP contribution >= 0.6 is 0 Å². The predicted octanol–water partition coefficient (Wildman–Crippen LogP) is 1.21. The molecule has 1 rings (SSSR count). The second-order valence-electron chi connectivity index (χ2n) is 4.99. The van der Waals surface area contributed by atoms with E-state index >= 15 is 0 Å². The van der Waals surface area contributed by atoms with Crippen molar-refractivity contribution in [3.8, 4) is 0 Å². The molecule has 3 heteroatoms. The minimum absolute atomic E-state index is 0.116. The third-order valence-electron chi connectivity index (χ3n) is 3.80. The molecule has 0 bridgehead atoms. The Morgan fingerprint density at radius 1 is 1.47 bits per heavy atom. The molecule has 90 valence electrons. The SMILES string of the molecule is CCC(C)N(CC)CC(N)(CO)C1CC1. The van der Waals surface area contributed by atoms with E-state index in [1.807, 2.05) is 0 Å². The lowest BCUT2D eigenvalue weighted by atomic mass is 9.94. The number of likely N-dealkylation sites (N-methyl/N-ethyl adjacent to an activating group) is 1. The summed E-state index contributed by atoms with van der Waals surface area (Å²) in [6.45, 7) is 8.55. The molecule has 1 aliphatic carbocycles. The van der Waals surface area contributed by atoms with E-state index in [9.17, 15) is 5.11 Å². The topological polar surface area (TPSA) is 49.5 Å². The Balaban J connectivity index is 2.54. The largest absolute Gasteiger partial charge is 0.394 e. The zero-order valence-electron chi connectivity index (χ0n) is 10.4. The molecule has 3 nitrogen and oxygen atoms in total. The molecule has 3 N–H and O–H groups in total. The van der Waals surface area contributed by atoms with Crippen LogP contribution in [0.1, 0.15) is 40.0 Å². The summed E-state index contributed by atoms with van der Waals surface area (Å²) in [6.07, 6.45) is 3.52. The van der Waals surface area contributed by atoms with Crippen molar-refractivity contribution in [2.24, 2.45) is 11.7 Å². The van der Waals surface area contributed by atoms with Crippen molar-refractivity contribution in [3.05, 3.63) is 0 Å². The minimum atomic E-state index is -0.362. The number of aliphatic hydroxyl groups excluding tert-OH is 1. The molecule has 0 radical (unpaired) electrons. The fraction of sp³-hybridized carbons (Fsp3) is 1.00. The summed E-state index contributed by atoms with van der Waals surface area (Å²) in [5, 5.41) is 9.44. The minimum Gasteiger partial charge on any atom is -0.394 e. The maximum atomic E-state index is 9.44. The summed E-state index contributed by atoms with van der Waals surface area (Å²) >= 11 is 0. The van der Waals surface area contributed by atoms with Gasteiger partial charge < -0.3 is 10.8 Å². The summed E-state index contributed by atoms with van der Waals surface area (Å²) in [6, 6.07) is 0.559. The van der Waals surface area contributed by atoms with Gasteiger partial charge in [0.1, 0.15) is 0 Å². The Morgan fingerprint density at radius 3 is 2.40 bits per heavy atom. The molecule has 2 unspecified atom stereocenters. The number of nitrogens with zero attached hydrogens (tertiary/aromatic N) is 1. The lowest BCUT2D eigenvalue weighted by molar-refractivity contribution is 0.101. The normalized spacial score (nSPS) is 22.8. The molecule has 0 spiro atoms. The molecule has 1 aliphatic rings. The van der Waals surface area contributed by atoms with Crippen LogP contribution in [-0.2, 0) is 0 Å². The number of nitrogens with two attached hydrogens (primary N) is 1. The molecule has 0 aromatic heterocycles. The summed E-state index contributed by atoms with van der Waals surface area (Å²) in [5.74, 6) is 0.542. The van der Waals surface area contributed by atoms with Crippen molar-refractivity contribution in [3.63, 3.8) is 0 Å². The van der Waals surface area contributed by atoms with E-state index in [1.165, 1.54) is 12.8 Å². The van der Waals surface area contributed by atoms with Crippen LogP contribution in [-0.4, -0.2) is 41.3 Å². The fourth-order valence-electron chi connectivity index (χ4n) is 2.18. The molecular weight excluding hydrogens is 188 g/mol. The van der Waals surface area contributed by atoms with Crippen LogP contribution < -0.4 is 5.73 Å². The Kier molecular flexibility index (Phi) is 4.56. The first-order valence-electron chi connectivity index (χ1n) is 6.21. The summed E-state index contributed by atoms with van der Waals surface area (Å²) in [7, 11) is 0. The first-order valence-corrected chi connectivity index (χ1v) is 6.21. The van der Waals surface area contributed by atoms with E-state index in [4.69, 9.17) is 5.73 Å². The van der Waals surface area contributed by atoms with E-state index in [0.29, 0.717) is 12.0 Å². The second-order valence-corrected chi connectivity index (χ2v) is 4.99. The molecule has 0 aliphatic heterocycles. The van der Waals surface area contributed by atoms with Crippen LogP contribution in [0.2, 0.25) is 0 Å². The number of hydrogen-bond donors (Lipinski definition) is 2. The molecule has 1 saturated carbocycles. The van der Waals surface area contributed by atoms with Crippen LogP contribution in [0.5, 0.6) is 0 Å². The zero-order chi connectivity index (χ0) is 11.5. The van der Waals surface area contributed by atoms with Gasteiger partial charge >= 0.3 is 0 Å². The third kappa shape index (κ3) is 3.16. The van der Waals surface area contributed by atoms with Crippen molar-refractivity contribution < 1.29 is 5.11 Å². The lowest BCUT2D eigenvalue weighted by Gasteiger charge is -2.36. The Hall–Kier alpha value is -0.120. The lowest BCUT2D eigenvalue weighted by Crippen LogP contribution is -2.56. The van der Waals surface area contributed by atoms with E-state index in [2.05, 4.69) is 25.7 Å². The fourth-order valence-corrected chi connectivity index (χ4v) is 2.18. The van der Waals surface area contributed by atoms with Gasteiger partial charge in [-0.2, -0.15) is 0 Å². The quantitative estimate of drug-likeness (QED) is 0.669. The molecule has 0 aromatic carbocycles. The summed E-state index contributed by atoms with van der Waals surface area (Å²) in [5.41, 5.74) is 5.92. The van der Waals surface area contributed by atoms with Gasteiger partial charge in [-0.05, 0) is 38.6 Å². The molecular formula is C12H26N2O. The van der Waals surface area contributed by atoms with Crippen LogP contribution in [0.25, 0.3) is 0 Å². The number of rotatable bonds is 7. The molecule has 0 amide bonds. The van der Waals surface area contributed by atoms with Gasteiger partial charge in [-0.1, -0.05) is 13.8 Å². The maximum absolute atomic E-state index is 9.44. The highest BCUT2D eigenvalue weighted by atomic mass is 16.3. The monoisotopic (exact) mass is 214 g/mol. The highest BCUT2D eigenvalue weighted by molar-refractivity contribution is 5.00. The average molecular weight is 214 g/mol. The Labute approximate surface area is 93.6 Å². The zero-order valence-corrected chi connectivity index (χ0v) is 10.4. The Bertz CT molecular complexity index is 194. The van der Waals surface area contributed by atoms with E-state index in [0.717, 1.165) is 19.5 Å². The van der Waals surface area contributed by atoms with Crippen LogP contribution in [0.4, 0.5) is 0 Å². The van der Waals surface area contributed by atoms with E-state index in [1.54, 1.807) is 0 Å². The van der Waals surface area contributed by atoms with Gasteiger partial charge in [0.15, 0.2) is 0 Å². The maximum Gasteiger partial charge on any atom is 0.0626 e. The van der Waals surface area contributed by atoms with Crippen molar-refractivity contribution in [1.82, 2.24) is 4.90 Å². The molecule has 15 heavy (non-hydrogen) atoms. The van der Waals surface area contributed by atoms with Gasteiger partial charge in [-0.15, -0.1) is 0 Å². The van der Waals surface area contributed by atoms with Crippen LogP contribution in [0, 0.1) is 5.92 Å². The first kappa shape index (κ1) is 12.9. The predicted molar refractivity (Wildman–Crippen MR) is 63.7 cm³/mol. The highest BCUT2D eigenvalue weighted by Gasteiger charge is 2.42. The summed E-state index contributed by atoms with van der Waals surface area (Å²) < 4.78 is 0. The van der Waals surface area contributed by atoms with Gasteiger partial charge in [-0.25, -0.2) is 0 Å². The highest BCUT2D eigenvalue weighted by Crippen LogP contribution is 2.38. The Morgan fingerprint density at radius 2 is 2.07 bits per heavy atom. The van der Waals surface area contributed by atoms with Gasteiger partial charge in [-0.3, -0.25) is 4.90 Å². The van der Waals surface area contributed by atoms with Gasteiger partial charge in [0.25, 0.3) is 0 Å². The molecule has 0 aromatic rings. The van der Waals surface area contributed by atoms with Gasteiger partial charge in [0, 0.05) is 12.6 Å². The van der Waals surface area contributed by atoms with Crippen molar-refractivity contribution in [2.75, 3.05) is 19.7 Å². The molecule has 0 saturated heterocycles. The van der Waals surface area contributed by atoms with Crippen LogP contribution in [0.3, 0.4) is 0 Å². The number of hydrogen-bond acceptors (Lipinski definition) is 3. The molecule has 1 fully saturated rings.